The Labute approximate surface area is 86.1 Å². The van der Waals surface area contributed by atoms with E-state index in [-0.39, 0.29) is 6.04 Å². The first-order valence-corrected chi connectivity index (χ1v) is 4.58. The summed E-state index contributed by atoms with van der Waals surface area (Å²) in [5.74, 6) is 0. The normalized spacial score (nSPS) is 13.9. The number of benzene rings is 1. The summed E-state index contributed by atoms with van der Waals surface area (Å²) in [6.45, 7) is 0.419. The highest BCUT2D eigenvalue weighted by molar-refractivity contribution is 5.26. The first kappa shape index (κ1) is 12.0. The van der Waals surface area contributed by atoms with Crippen LogP contribution in [0.15, 0.2) is 24.3 Å². The Morgan fingerprint density at radius 2 is 1.67 bits per heavy atom. The maximum Gasteiger partial charge on any atom is 0.416 e. The van der Waals surface area contributed by atoms with E-state index in [2.05, 4.69) is 0 Å². The van der Waals surface area contributed by atoms with Crippen LogP contribution >= 0.6 is 0 Å². The van der Waals surface area contributed by atoms with Crippen LogP contribution in [0.25, 0.3) is 0 Å². The lowest BCUT2D eigenvalue weighted by Gasteiger charge is -2.12. The highest BCUT2D eigenvalue weighted by Crippen LogP contribution is 2.29. The Morgan fingerprint density at radius 3 is 2.07 bits per heavy atom. The molecule has 0 aromatic heterocycles. The molecule has 0 saturated carbocycles. The Kier molecular flexibility index (Phi) is 3.71. The lowest BCUT2D eigenvalue weighted by atomic mass is 10.0. The van der Waals surface area contributed by atoms with Crippen LogP contribution < -0.4 is 11.5 Å². The van der Waals surface area contributed by atoms with Gasteiger partial charge in [0.2, 0.25) is 0 Å². The topological polar surface area (TPSA) is 52.0 Å². The van der Waals surface area contributed by atoms with Crippen LogP contribution in [0.1, 0.15) is 23.6 Å². The monoisotopic (exact) mass is 218 g/mol. The van der Waals surface area contributed by atoms with E-state index in [1.54, 1.807) is 0 Å². The highest BCUT2D eigenvalue weighted by atomic mass is 19.4. The second-order valence-corrected chi connectivity index (χ2v) is 3.30. The smallest absolute Gasteiger partial charge is 0.330 e. The van der Waals surface area contributed by atoms with Crippen molar-refractivity contribution in [1.29, 1.82) is 0 Å². The average Bonchev–Trinajstić information content (AvgIpc) is 2.17. The number of halogens is 3. The number of nitrogens with two attached hydrogens (primary N) is 2. The molecule has 1 rings (SSSR count). The van der Waals surface area contributed by atoms with Gasteiger partial charge in [0.25, 0.3) is 0 Å². The fraction of sp³-hybridized carbons (Fsp3) is 0.400. The van der Waals surface area contributed by atoms with Crippen molar-refractivity contribution in [2.75, 3.05) is 6.54 Å². The zero-order valence-electron chi connectivity index (χ0n) is 8.09. The molecule has 15 heavy (non-hydrogen) atoms. The number of alkyl halides is 3. The predicted molar refractivity (Wildman–Crippen MR) is 52.0 cm³/mol. The minimum atomic E-state index is -4.30. The molecule has 0 unspecified atom stereocenters. The van der Waals surface area contributed by atoms with Crippen LogP contribution in [0.2, 0.25) is 0 Å². The summed E-state index contributed by atoms with van der Waals surface area (Å²) in [5.41, 5.74) is 11.0. The zero-order chi connectivity index (χ0) is 11.5. The average molecular weight is 218 g/mol. The maximum absolute atomic E-state index is 12.2. The van der Waals surface area contributed by atoms with Crippen molar-refractivity contribution in [2.24, 2.45) is 11.5 Å². The van der Waals surface area contributed by atoms with Crippen molar-refractivity contribution in [3.05, 3.63) is 35.4 Å². The third-order valence-corrected chi connectivity index (χ3v) is 2.14. The van der Waals surface area contributed by atoms with E-state index in [9.17, 15) is 13.2 Å². The fourth-order valence-electron chi connectivity index (χ4n) is 1.27. The Balaban J connectivity index is 2.81. The molecule has 4 N–H and O–H groups in total. The van der Waals surface area contributed by atoms with Crippen molar-refractivity contribution in [1.82, 2.24) is 0 Å². The van der Waals surface area contributed by atoms with Gasteiger partial charge in [-0.2, -0.15) is 13.2 Å². The molecule has 84 valence electrons. The van der Waals surface area contributed by atoms with Crippen LogP contribution in [0.4, 0.5) is 13.2 Å². The molecular weight excluding hydrogens is 205 g/mol. The standard InChI is InChI=1S/C10H13F3N2/c11-10(12,13)8-3-1-7(2-4-8)9(15)5-6-14/h1-4,9H,5-6,14-15H2/t9-/m1/s1. The van der Waals surface area contributed by atoms with E-state index in [1.807, 2.05) is 0 Å². The number of hydrogen-bond donors (Lipinski definition) is 2. The number of rotatable bonds is 3. The van der Waals surface area contributed by atoms with Gasteiger partial charge in [0, 0.05) is 6.04 Å². The van der Waals surface area contributed by atoms with Crippen molar-refractivity contribution >= 4 is 0 Å². The minimum absolute atomic E-state index is 0.294. The molecule has 0 aliphatic rings. The molecule has 5 heteroatoms. The predicted octanol–water partition coefficient (Wildman–Crippen LogP) is 2.05. The van der Waals surface area contributed by atoms with Crippen LogP contribution in [0.5, 0.6) is 0 Å². The second-order valence-electron chi connectivity index (χ2n) is 3.30. The van der Waals surface area contributed by atoms with Gasteiger partial charge >= 0.3 is 6.18 Å². The molecule has 1 atom stereocenters. The van der Waals surface area contributed by atoms with Gasteiger partial charge in [0.15, 0.2) is 0 Å². The lowest BCUT2D eigenvalue weighted by Crippen LogP contribution is -2.15. The van der Waals surface area contributed by atoms with Crippen molar-refractivity contribution in [3.8, 4) is 0 Å². The van der Waals surface area contributed by atoms with Gasteiger partial charge < -0.3 is 11.5 Å². The molecule has 0 aliphatic carbocycles. The molecule has 0 aliphatic heterocycles. The third kappa shape index (κ3) is 3.21. The molecule has 0 saturated heterocycles. The lowest BCUT2D eigenvalue weighted by molar-refractivity contribution is -0.137. The Bertz CT molecular complexity index is 305. The second kappa shape index (κ2) is 4.63. The summed E-state index contributed by atoms with van der Waals surface area (Å²) in [6.07, 6.45) is -3.73. The van der Waals surface area contributed by atoms with Gasteiger partial charge in [-0.1, -0.05) is 12.1 Å². The Morgan fingerprint density at radius 1 is 1.13 bits per heavy atom. The van der Waals surface area contributed by atoms with Gasteiger partial charge in [0.1, 0.15) is 0 Å². The molecule has 0 spiro atoms. The summed E-state index contributed by atoms with van der Waals surface area (Å²) in [6, 6.07) is 4.56. The zero-order valence-corrected chi connectivity index (χ0v) is 8.09. The summed E-state index contributed by atoms with van der Waals surface area (Å²) < 4.78 is 36.7. The fourth-order valence-corrected chi connectivity index (χ4v) is 1.27. The SMILES string of the molecule is NCC[C@@H](N)c1ccc(C(F)(F)F)cc1. The molecule has 2 nitrogen and oxygen atoms in total. The van der Waals surface area contributed by atoms with Crippen LogP contribution in [-0.2, 0) is 6.18 Å². The summed E-state index contributed by atoms with van der Waals surface area (Å²) in [4.78, 5) is 0. The van der Waals surface area contributed by atoms with E-state index in [4.69, 9.17) is 11.5 Å². The van der Waals surface area contributed by atoms with Crippen LogP contribution in [0.3, 0.4) is 0 Å². The quantitative estimate of drug-likeness (QED) is 0.815. The van der Waals surface area contributed by atoms with E-state index in [1.165, 1.54) is 12.1 Å². The maximum atomic E-state index is 12.2. The first-order valence-electron chi connectivity index (χ1n) is 4.58. The van der Waals surface area contributed by atoms with Crippen molar-refractivity contribution in [2.45, 2.75) is 18.6 Å². The van der Waals surface area contributed by atoms with Gasteiger partial charge in [-0.15, -0.1) is 0 Å². The minimum Gasteiger partial charge on any atom is -0.330 e. The number of hydrogen-bond acceptors (Lipinski definition) is 2. The Hall–Kier alpha value is -1.07. The first-order chi connectivity index (χ1) is 6.95. The summed E-state index contributed by atoms with van der Waals surface area (Å²) >= 11 is 0. The van der Waals surface area contributed by atoms with E-state index < -0.39 is 11.7 Å². The molecule has 0 amide bonds. The van der Waals surface area contributed by atoms with Gasteiger partial charge in [-0.05, 0) is 30.7 Å². The van der Waals surface area contributed by atoms with Gasteiger partial charge in [-0.3, -0.25) is 0 Å². The van der Waals surface area contributed by atoms with E-state index in [0.717, 1.165) is 12.1 Å². The summed E-state index contributed by atoms with van der Waals surface area (Å²) in [7, 11) is 0. The molecule has 1 aromatic rings. The molecule has 0 heterocycles. The molecular formula is C10H13F3N2. The van der Waals surface area contributed by atoms with Gasteiger partial charge in [-0.25, -0.2) is 0 Å². The van der Waals surface area contributed by atoms with E-state index in [0.29, 0.717) is 18.5 Å². The van der Waals surface area contributed by atoms with Crippen LogP contribution in [-0.4, -0.2) is 6.54 Å². The van der Waals surface area contributed by atoms with E-state index >= 15 is 0 Å². The molecule has 0 fully saturated rings. The van der Waals surface area contributed by atoms with Crippen LogP contribution in [0, 0.1) is 0 Å². The third-order valence-electron chi connectivity index (χ3n) is 2.14. The molecule has 1 aromatic carbocycles. The van der Waals surface area contributed by atoms with Crippen molar-refractivity contribution < 1.29 is 13.2 Å². The highest BCUT2D eigenvalue weighted by Gasteiger charge is 2.30. The summed E-state index contributed by atoms with van der Waals surface area (Å²) in [5, 5.41) is 0. The van der Waals surface area contributed by atoms with Gasteiger partial charge in [0.05, 0.1) is 5.56 Å². The molecule has 0 radical (unpaired) electrons. The molecule has 0 bridgehead atoms. The largest absolute Gasteiger partial charge is 0.416 e. The van der Waals surface area contributed by atoms with Crippen molar-refractivity contribution in [3.63, 3.8) is 0 Å².